The Balaban J connectivity index is 0. The Morgan fingerprint density at radius 1 is 1.20 bits per heavy atom. The summed E-state index contributed by atoms with van der Waals surface area (Å²) >= 11 is 0. The second-order valence-electron chi connectivity index (χ2n) is 3.87. The van der Waals surface area contributed by atoms with Crippen LogP contribution in [0.4, 0.5) is 0 Å². The highest BCUT2D eigenvalue weighted by atomic mass is 127. The van der Waals surface area contributed by atoms with E-state index >= 15 is 0 Å². The standard InChI is InChI=1S/C10H24N4.HI/c1-5-8(6-2)9(14(3)4)7-13-10(11)12;/h8-9H,5-7H2,1-4H3,(H4,11,12,13);1H. The predicted octanol–water partition coefficient (Wildman–Crippen LogP) is 1.24. The molecule has 0 aromatic carbocycles. The number of nitrogens with zero attached hydrogens (tertiary/aromatic N) is 2. The second kappa shape index (κ2) is 9.21. The van der Waals surface area contributed by atoms with E-state index in [0.29, 0.717) is 18.5 Å². The molecule has 1 unspecified atom stereocenters. The van der Waals surface area contributed by atoms with Gasteiger partial charge >= 0.3 is 0 Å². The molecule has 0 amide bonds. The Kier molecular flexibility index (Phi) is 10.7. The van der Waals surface area contributed by atoms with Gasteiger partial charge in [-0.05, 0) is 20.0 Å². The van der Waals surface area contributed by atoms with Crippen molar-refractivity contribution < 1.29 is 0 Å². The maximum atomic E-state index is 5.33. The number of guanidine groups is 1. The molecular formula is C10H25IN4. The number of aliphatic imine (C=N–C) groups is 1. The molecule has 0 aliphatic rings. The van der Waals surface area contributed by atoms with Crippen molar-refractivity contribution in [2.75, 3.05) is 20.6 Å². The van der Waals surface area contributed by atoms with Gasteiger partial charge in [0.05, 0.1) is 6.54 Å². The monoisotopic (exact) mass is 328 g/mol. The molecule has 4 N–H and O–H groups in total. The van der Waals surface area contributed by atoms with Gasteiger partial charge in [0, 0.05) is 6.04 Å². The Labute approximate surface area is 111 Å². The second-order valence-corrected chi connectivity index (χ2v) is 3.87. The third-order valence-corrected chi connectivity index (χ3v) is 2.72. The SMILES string of the molecule is CCC(CC)C(CN=C(N)N)N(C)C.I. The van der Waals surface area contributed by atoms with Crippen LogP contribution in [-0.2, 0) is 0 Å². The van der Waals surface area contributed by atoms with E-state index in [9.17, 15) is 0 Å². The molecule has 92 valence electrons. The molecule has 0 aromatic heterocycles. The summed E-state index contributed by atoms with van der Waals surface area (Å²) in [4.78, 5) is 6.29. The van der Waals surface area contributed by atoms with Crippen molar-refractivity contribution >= 4 is 29.9 Å². The van der Waals surface area contributed by atoms with Crippen molar-refractivity contribution in [3.05, 3.63) is 0 Å². The first-order chi connectivity index (χ1) is 6.52. The van der Waals surface area contributed by atoms with Crippen LogP contribution in [0.5, 0.6) is 0 Å². The third kappa shape index (κ3) is 6.94. The molecule has 0 rings (SSSR count). The summed E-state index contributed by atoms with van der Waals surface area (Å²) in [7, 11) is 4.15. The zero-order valence-electron chi connectivity index (χ0n) is 10.2. The maximum absolute atomic E-state index is 5.33. The van der Waals surface area contributed by atoms with Gasteiger partial charge in [-0.25, -0.2) is 0 Å². The van der Waals surface area contributed by atoms with Crippen molar-refractivity contribution in [1.29, 1.82) is 0 Å². The lowest BCUT2D eigenvalue weighted by Gasteiger charge is -2.29. The summed E-state index contributed by atoms with van der Waals surface area (Å²) in [6.45, 7) is 5.11. The van der Waals surface area contributed by atoms with Crippen LogP contribution in [0.2, 0.25) is 0 Å². The minimum absolute atomic E-state index is 0. The molecule has 15 heavy (non-hydrogen) atoms. The lowest BCUT2D eigenvalue weighted by Crippen LogP contribution is -2.38. The van der Waals surface area contributed by atoms with Gasteiger partial charge in [-0.3, -0.25) is 4.99 Å². The first-order valence-electron chi connectivity index (χ1n) is 5.24. The molecule has 0 aliphatic carbocycles. The summed E-state index contributed by atoms with van der Waals surface area (Å²) in [5, 5.41) is 0. The van der Waals surface area contributed by atoms with Gasteiger partial charge in [0.2, 0.25) is 0 Å². The van der Waals surface area contributed by atoms with E-state index in [2.05, 4.69) is 37.8 Å². The van der Waals surface area contributed by atoms with Gasteiger partial charge in [-0.1, -0.05) is 26.7 Å². The van der Waals surface area contributed by atoms with E-state index in [1.165, 1.54) is 12.8 Å². The molecule has 1 atom stereocenters. The largest absolute Gasteiger partial charge is 0.370 e. The Morgan fingerprint density at radius 3 is 1.93 bits per heavy atom. The van der Waals surface area contributed by atoms with Crippen LogP contribution in [0.3, 0.4) is 0 Å². The molecule has 0 heterocycles. The molecular weight excluding hydrogens is 303 g/mol. The number of likely N-dealkylation sites (N-methyl/N-ethyl adjacent to an activating group) is 1. The van der Waals surface area contributed by atoms with Gasteiger partial charge in [0.1, 0.15) is 0 Å². The van der Waals surface area contributed by atoms with E-state index in [0.717, 1.165) is 0 Å². The molecule has 0 saturated heterocycles. The van der Waals surface area contributed by atoms with Crippen molar-refractivity contribution in [2.24, 2.45) is 22.4 Å². The Bertz CT molecular complexity index is 174. The lowest BCUT2D eigenvalue weighted by molar-refractivity contribution is 0.206. The Morgan fingerprint density at radius 2 is 1.67 bits per heavy atom. The highest BCUT2D eigenvalue weighted by molar-refractivity contribution is 14.0. The van der Waals surface area contributed by atoms with E-state index in [1.807, 2.05) is 0 Å². The van der Waals surface area contributed by atoms with Crippen molar-refractivity contribution in [3.63, 3.8) is 0 Å². The molecule has 0 aliphatic heterocycles. The minimum atomic E-state index is 0. The molecule has 4 nitrogen and oxygen atoms in total. The predicted molar refractivity (Wildman–Crippen MR) is 77.6 cm³/mol. The van der Waals surface area contributed by atoms with E-state index in [1.54, 1.807) is 0 Å². The molecule has 0 aromatic rings. The van der Waals surface area contributed by atoms with Gasteiger partial charge in [-0.15, -0.1) is 24.0 Å². The fourth-order valence-electron chi connectivity index (χ4n) is 1.77. The van der Waals surface area contributed by atoms with Crippen LogP contribution in [-0.4, -0.2) is 37.5 Å². The first kappa shape index (κ1) is 17.4. The highest BCUT2D eigenvalue weighted by Crippen LogP contribution is 2.17. The van der Waals surface area contributed by atoms with Crippen LogP contribution in [0, 0.1) is 5.92 Å². The summed E-state index contributed by atoms with van der Waals surface area (Å²) in [5.74, 6) is 0.843. The van der Waals surface area contributed by atoms with Crippen molar-refractivity contribution in [3.8, 4) is 0 Å². The highest BCUT2D eigenvalue weighted by Gasteiger charge is 2.19. The summed E-state index contributed by atoms with van der Waals surface area (Å²) in [6, 6.07) is 0.437. The van der Waals surface area contributed by atoms with Crippen LogP contribution in [0.25, 0.3) is 0 Å². The zero-order valence-corrected chi connectivity index (χ0v) is 12.6. The van der Waals surface area contributed by atoms with Gasteiger partial charge in [0.15, 0.2) is 5.96 Å². The van der Waals surface area contributed by atoms with Gasteiger partial charge < -0.3 is 16.4 Å². The molecule has 0 saturated carbocycles. The average molecular weight is 328 g/mol. The third-order valence-electron chi connectivity index (χ3n) is 2.72. The quantitative estimate of drug-likeness (QED) is 0.438. The van der Waals surface area contributed by atoms with E-state index in [-0.39, 0.29) is 29.9 Å². The summed E-state index contributed by atoms with van der Waals surface area (Å²) in [5.41, 5.74) is 10.7. The van der Waals surface area contributed by atoms with Crippen molar-refractivity contribution in [1.82, 2.24) is 4.90 Å². The molecule has 0 spiro atoms. The minimum Gasteiger partial charge on any atom is -0.370 e. The van der Waals surface area contributed by atoms with Crippen LogP contribution < -0.4 is 11.5 Å². The average Bonchev–Trinajstić information content (AvgIpc) is 2.11. The van der Waals surface area contributed by atoms with E-state index < -0.39 is 0 Å². The molecule has 0 fully saturated rings. The molecule has 0 bridgehead atoms. The number of halogens is 1. The maximum Gasteiger partial charge on any atom is 0.185 e. The summed E-state index contributed by atoms with van der Waals surface area (Å²) < 4.78 is 0. The van der Waals surface area contributed by atoms with E-state index in [4.69, 9.17) is 11.5 Å². The fourth-order valence-corrected chi connectivity index (χ4v) is 1.77. The molecule has 5 heteroatoms. The fraction of sp³-hybridized carbons (Fsp3) is 0.900. The van der Waals surface area contributed by atoms with Crippen LogP contribution >= 0.6 is 24.0 Å². The number of hydrogen-bond donors (Lipinski definition) is 2. The Hall–Kier alpha value is -0.0400. The first-order valence-corrected chi connectivity index (χ1v) is 5.24. The van der Waals surface area contributed by atoms with Crippen LogP contribution in [0.1, 0.15) is 26.7 Å². The normalized spacial score (nSPS) is 12.4. The van der Waals surface area contributed by atoms with Gasteiger partial charge in [0.25, 0.3) is 0 Å². The zero-order chi connectivity index (χ0) is 11.1. The number of nitrogens with two attached hydrogens (primary N) is 2. The van der Waals surface area contributed by atoms with Gasteiger partial charge in [-0.2, -0.15) is 0 Å². The van der Waals surface area contributed by atoms with Crippen LogP contribution in [0.15, 0.2) is 4.99 Å². The topological polar surface area (TPSA) is 67.6 Å². The lowest BCUT2D eigenvalue weighted by atomic mass is 9.93. The smallest absolute Gasteiger partial charge is 0.185 e. The van der Waals surface area contributed by atoms with Crippen molar-refractivity contribution in [2.45, 2.75) is 32.7 Å². The number of rotatable bonds is 6. The molecule has 0 radical (unpaired) electrons. The number of hydrogen-bond acceptors (Lipinski definition) is 2. The summed E-state index contributed by atoms with van der Waals surface area (Å²) in [6.07, 6.45) is 2.33.